The van der Waals surface area contributed by atoms with Crippen LogP contribution >= 0.6 is 38.5 Å². The maximum atomic E-state index is 13.9. The van der Waals surface area contributed by atoms with Crippen molar-refractivity contribution in [2.45, 2.75) is 25.7 Å². The minimum absolute atomic E-state index is 0.0768. The number of imide groups is 1. The molecule has 2 aromatic carbocycles. The van der Waals surface area contributed by atoms with Crippen molar-refractivity contribution in [1.82, 2.24) is 0 Å². The first-order chi connectivity index (χ1) is 18.6. The fraction of sp³-hybridized carbons (Fsp3) is 0.267. The topological polar surface area (TPSA) is 101 Å². The Kier molecular flexibility index (Phi) is 6.41. The third kappa shape index (κ3) is 3.96. The van der Waals surface area contributed by atoms with Crippen molar-refractivity contribution in [2.75, 3.05) is 12.0 Å². The average molecular weight is 700 g/mol. The number of carbonyl (C=O) groups excluding carboxylic acids is 4. The van der Waals surface area contributed by atoms with E-state index in [1.807, 2.05) is 18.2 Å². The van der Waals surface area contributed by atoms with Gasteiger partial charge < -0.3 is 9.84 Å². The highest BCUT2D eigenvalue weighted by atomic mass is 127. The molecule has 7 nitrogen and oxygen atoms in total. The van der Waals surface area contributed by atoms with Gasteiger partial charge in [0.15, 0.2) is 23.1 Å². The molecule has 0 saturated carbocycles. The number of phenols is 1. The minimum Gasteiger partial charge on any atom is -0.503 e. The van der Waals surface area contributed by atoms with E-state index < -0.39 is 23.7 Å². The zero-order valence-electron chi connectivity index (χ0n) is 21.0. The van der Waals surface area contributed by atoms with Crippen molar-refractivity contribution in [3.8, 4) is 11.5 Å². The summed E-state index contributed by atoms with van der Waals surface area (Å²) < 4.78 is 6.76. The maximum Gasteiger partial charge on any atom is 0.238 e. The molecular formula is C30H23BrINO6. The number of anilines is 1. The van der Waals surface area contributed by atoms with E-state index in [-0.39, 0.29) is 41.3 Å². The molecule has 0 bridgehead atoms. The summed E-state index contributed by atoms with van der Waals surface area (Å²) in [6.07, 6.45) is 3.91. The van der Waals surface area contributed by atoms with Gasteiger partial charge in [0.1, 0.15) is 0 Å². The lowest BCUT2D eigenvalue weighted by Gasteiger charge is -2.42. The van der Waals surface area contributed by atoms with Crippen LogP contribution in [0.25, 0.3) is 0 Å². The largest absolute Gasteiger partial charge is 0.503 e. The number of nitrogens with zero attached hydrogens (tertiary/aromatic N) is 1. The Bertz CT molecular complexity index is 1590. The van der Waals surface area contributed by atoms with E-state index in [1.54, 1.807) is 31.2 Å². The van der Waals surface area contributed by atoms with Crippen LogP contribution in [0.5, 0.6) is 11.5 Å². The van der Waals surface area contributed by atoms with Crippen molar-refractivity contribution < 1.29 is 29.0 Å². The molecule has 1 N–H and O–H groups in total. The quantitative estimate of drug-likeness (QED) is 0.199. The lowest BCUT2D eigenvalue weighted by Crippen LogP contribution is -2.39. The van der Waals surface area contributed by atoms with Crippen LogP contribution < -0.4 is 9.64 Å². The molecule has 2 amide bonds. The molecule has 39 heavy (non-hydrogen) atoms. The van der Waals surface area contributed by atoms with Crippen molar-refractivity contribution >= 4 is 67.6 Å². The summed E-state index contributed by atoms with van der Waals surface area (Å²) >= 11 is 5.56. The Labute approximate surface area is 246 Å². The summed E-state index contributed by atoms with van der Waals surface area (Å²) in [7, 11) is 1.44. The Morgan fingerprint density at radius 3 is 2.46 bits per heavy atom. The Hall–Kier alpha value is -3.05. The van der Waals surface area contributed by atoms with E-state index in [9.17, 15) is 24.3 Å². The van der Waals surface area contributed by atoms with Crippen molar-refractivity contribution in [1.29, 1.82) is 0 Å². The molecule has 2 aromatic rings. The van der Waals surface area contributed by atoms with Gasteiger partial charge in [0.2, 0.25) is 11.8 Å². The molecule has 1 heterocycles. The summed E-state index contributed by atoms with van der Waals surface area (Å²) in [5.74, 6) is -3.09. The molecule has 0 spiro atoms. The van der Waals surface area contributed by atoms with Gasteiger partial charge in [-0.2, -0.15) is 0 Å². The monoisotopic (exact) mass is 699 g/mol. The summed E-state index contributed by atoms with van der Waals surface area (Å²) in [5.41, 5.74) is 3.16. The number of hydrogen-bond donors (Lipinski definition) is 1. The number of ether oxygens (including phenoxy) is 1. The second-order valence-corrected chi connectivity index (χ2v) is 12.4. The first-order valence-corrected chi connectivity index (χ1v) is 14.4. The molecule has 1 fully saturated rings. The fourth-order valence-electron chi connectivity index (χ4n) is 6.52. The third-order valence-corrected chi connectivity index (χ3v) is 9.57. The molecule has 0 aromatic heterocycles. The zero-order valence-corrected chi connectivity index (χ0v) is 24.8. The van der Waals surface area contributed by atoms with Crippen LogP contribution in [-0.2, 0) is 19.2 Å². The first kappa shape index (κ1) is 26.2. The SMILES string of the molecule is COc1cc(C2C3=CCC4C(=O)N(c5ccc(I)cc5)C(=O)C4C3CC3=C2C(=O)C=C(C)C3=O)cc(Br)c1O. The summed E-state index contributed by atoms with van der Waals surface area (Å²) in [6.45, 7) is 1.62. The van der Waals surface area contributed by atoms with Gasteiger partial charge in [0.25, 0.3) is 0 Å². The molecule has 4 atom stereocenters. The number of halogens is 2. The number of Topliss-reactive ketones (excluding diaryl/α,β-unsaturated/α-hetero) is 1. The average Bonchev–Trinajstić information content (AvgIpc) is 3.18. The third-order valence-electron chi connectivity index (χ3n) is 8.25. The van der Waals surface area contributed by atoms with Gasteiger partial charge in [-0.1, -0.05) is 11.6 Å². The van der Waals surface area contributed by atoms with Crippen LogP contribution in [0.3, 0.4) is 0 Å². The zero-order chi connectivity index (χ0) is 27.7. The van der Waals surface area contributed by atoms with Gasteiger partial charge >= 0.3 is 0 Å². The molecular weight excluding hydrogens is 677 g/mol. The van der Waals surface area contributed by atoms with E-state index in [1.165, 1.54) is 18.1 Å². The normalized spacial score (nSPS) is 26.2. The summed E-state index contributed by atoms with van der Waals surface area (Å²) in [4.78, 5) is 55.6. The lowest BCUT2D eigenvalue weighted by atomic mass is 9.59. The highest BCUT2D eigenvalue weighted by Gasteiger charge is 2.56. The second kappa shape index (κ2) is 9.55. The molecule has 9 heteroatoms. The van der Waals surface area contributed by atoms with Crippen molar-refractivity contribution in [2.24, 2.45) is 17.8 Å². The Morgan fingerprint density at radius 1 is 1.05 bits per heavy atom. The Morgan fingerprint density at radius 2 is 1.77 bits per heavy atom. The molecule has 1 saturated heterocycles. The van der Waals surface area contributed by atoms with Gasteiger partial charge in [-0.25, -0.2) is 0 Å². The summed E-state index contributed by atoms with van der Waals surface area (Å²) in [5, 5.41) is 10.4. The molecule has 198 valence electrons. The van der Waals surface area contributed by atoms with Gasteiger partial charge in [-0.05, 0) is 112 Å². The van der Waals surface area contributed by atoms with Crippen molar-refractivity contribution in [3.05, 3.63) is 84.4 Å². The number of rotatable bonds is 3. The van der Waals surface area contributed by atoms with E-state index in [2.05, 4.69) is 38.5 Å². The second-order valence-electron chi connectivity index (χ2n) is 10.3. The van der Waals surface area contributed by atoms with E-state index in [0.29, 0.717) is 38.9 Å². The van der Waals surface area contributed by atoms with Crippen LogP contribution in [0.15, 0.2) is 75.3 Å². The Balaban J connectivity index is 1.51. The number of methoxy groups -OCH3 is 1. The number of phenolic OH excluding ortho intramolecular Hbond substituents is 1. The molecule has 0 radical (unpaired) electrons. The number of carbonyl (C=O) groups is 4. The maximum absolute atomic E-state index is 13.9. The fourth-order valence-corrected chi connectivity index (χ4v) is 7.34. The van der Waals surface area contributed by atoms with E-state index >= 15 is 0 Å². The van der Waals surface area contributed by atoms with Gasteiger partial charge in [0.05, 0.1) is 29.1 Å². The highest BCUT2D eigenvalue weighted by Crippen LogP contribution is 2.56. The molecule has 1 aliphatic heterocycles. The lowest BCUT2D eigenvalue weighted by molar-refractivity contribution is -0.123. The number of amides is 2. The van der Waals surface area contributed by atoms with E-state index in [4.69, 9.17) is 4.74 Å². The van der Waals surface area contributed by atoms with E-state index in [0.717, 1.165) is 9.14 Å². The molecule has 4 unspecified atom stereocenters. The van der Waals surface area contributed by atoms with Crippen LogP contribution in [0, 0.1) is 21.3 Å². The molecule has 4 aliphatic rings. The standard InChI is InChI=1S/C30H23BrINO6/c1-13-9-22(34)26-20(27(13)35)12-19-17(24(26)14-10-21(31)28(36)23(11-14)39-2)7-8-18-25(19)30(38)33(29(18)37)16-5-3-15(32)4-6-16/h3-7,9-11,18-19,24-25,36H,8,12H2,1-2H3. The number of ketones is 2. The van der Waals surface area contributed by atoms with Gasteiger partial charge in [-0.15, -0.1) is 0 Å². The number of benzene rings is 2. The predicted octanol–water partition coefficient (Wildman–Crippen LogP) is 5.40. The van der Waals surface area contributed by atoms with Crippen molar-refractivity contribution in [3.63, 3.8) is 0 Å². The number of allylic oxidation sites excluding steroid dienone is 6. The van der Waals surface area contributed by atoms with Crippen LogP contribution in [0.1, 0.15) is 31.2 Å². The first-order valence-electron chi connectivity index (χ1n) is 12.5. The molecule has 6 rings (SSSR count). The number of fused-ring (bicyclic) bond motifs is 3. The van der Waals surface area contributed by atoms with Crippen LogP contribution in [0.2, 0.25) is 0 Å². The van der Waals surface area contributed by atoms with Crippen LogP contribution in [0.4, 0.5) is 5.69 Å². The summed E-state index contributed by atoms with van der Waals surface area (Å²) in [6, 6.07) is 10.6. The van der Waals surface area contributed by atoms with Gasteiger partial charge in [-0.3, -0.25) is 24.1 Å². The number of hydrogen-bond acceptors (Lipinski definition) is 6. The predicted molar refractivity (Wildman–Crippen MR) is 155 cm³/mol. The highest BCUT2D eigenvalue weighted by molar-refractivity contribution is 14.1. The van der Waals surface area contributed by atoms with Crippen LogP contribution in [-0.4, -0.2) is 35.6 Å². The minimum atomic E-state index is -0.648. The smallest absolute Gasteiger partial charge is 0.238 e. The number of aromatic hydroxyl groups is 1. The molecule has 3 aliphatic carbocycles. The van der Waals surface area contributed by atoms with Gasteiger partial charge in [0, 0.05) is 26.2 Å².